The normalized spacial score (nSPS) is 15.6. The van der Waals surface area contributed by atoms with Crippen molar-refractivity contribution in [2.45, 2.75) is 31.6 Å². The van der Waals surface area contributed by atoms with Crippen LogP contribution in [0.1, 0.15) is 18.5 Å². The van der Waals surface area contributed by atoms with E-state index in [4.69, 9.17) is 0 Å². The van der Waals surface area contributed by atoms with Crippen LogP contribution in [0, 0.1) is 0 Å². The van der Waals surface area contributed by atoms with E-state index < -0.39 is 12.7 Å². The molecule has 3 rings (SSSR count). The van der Waals surface area contributed by atoms with E-state index >= 15 is 0 Å². The molecule has 0 aliphatic heterocycles. The number of alkyl halides is 3. The highest BCUT2D eigenvalue weighted by molar-refractivity contribution is 5.57. The molecule has 1 aliphatic rings. The van der Waals surface area contributed by atoms with Crippen LogP contribution < -0.4 is 10.2 Å². The van der Waals surface area contributed by atoms with Gasteiger partial charge in [0.1, 0.15) is 12.2 Å². The molecule has 0 amide bonds. The minimum atomic E-state index is -4.23. The Labute approximate surface area is 120 Å². The number of rotatable bonds is 5. The number of fused-ring (bicyclic) bond motifs is 1. The van der Waals surface area contributed by atoms with E-state index in [1.807, 2.05) is 22.7 Å². The van der Waals surface area contributed by atoms with Crippen molar-refractivity contribution in [2.75, 3.05) is 18.5 Å². The molecule has 114 valence electrons. The third-order valence-electron chi connectivity index (χ3n) is 3.56. The van der Waals surface area contributed by atoms with Gasteiger partial charge in [0, 0.05) is 18.8 Å². The first kappa shape index (κ1) is 14.2. The number of nitrogens with one attached hydrogen (secondary N) is 1. The standard InChI is InChI=1S/C14H17F3N4/c1-18-8-11-13(19-12-4-2-3-7-20(11)12)21(10-5-6-10)9-14(15,16)17/h2-4,7,10,18H,5-6,8-9H2,1H3. The molecule has 21 heavy (non-hydrogen) atoms. The number of aromatic nitrogens is 2. The Balaban J connectivity index is 2.05. The lowest BCUT2D eigenvalue weighted by molar-refractivity contribution is -0.120. The lowest BCUT2D eigenvalue weighted by Gasteiger charge is -2.24. The first-order chi connectivity index (χ1) is 9.99. The Morgan fingerprint density at radius 3 is 2.76 bits per heavy atom. The third kappa shape index (κ3) is 2.97. The van der Waals surface area contributed by atoms with Gasteiger partial charge in [-0.1, -0.05) is 6.07 Å². The fraction of sp³-hybridized carbons (Fsp3) is 0.500. The average Bonchev–Trinajstić information content (AvgIpc) is 3.19. The number of imidazole rings is 1. The molecule has 1 aliphatic carbocycles. The molecule has 0 atom stereocenters. The van der Waals surface area contributed by atoms with E-state index in [-0.39, 0.29) is 6.04 Å². The molecule has 0 saturated heterocycles. The summed E-state index contributed by atoms with van der Waals surface area (Å²) in [5.74, 6) is 0.440. The molecule has 7 heteroatoms. The molecule has 1 fully saturated rings. The summed E-state index contributed by atoms with van der Waals surface area (Å²) in [7, 11) is 1.78. The Kier molecular flexibility index (Phi) is 3.52. The highest BCUT2D eigenvalue weighted by Crippen LogP contribution is 2.35. The molecule has 2 aromatic heterocycles. The molecule has 1 saturated carbocycles. The van der Waals surface area contributed by atoms with Crippen LogP contribution in [0.25, 0.3) is 5.65 Å². The SMILES string of the molecule is CNCc1c(N(CC(F)(F)F)C2CC2)nc2ccccn12. The monoisotopic (exact) mass is 298 g/mol. The van der Waals surface area contributed by atoms with Crippen LogP contribution in [0.3, 0.4) is 0 Å². The molecule has 1 N–H and O–H groups in total. The molecule has 0 spiro atoms. The Bertz CT molecular complexity index is 631. The van der Waals surface area contributed by atoms with E-state index in [0.717, 1.165) is 18.5 Å². The van der Waals surface area contributed by atoms with Crippen LogP contribution in [-0.4, -0.2) is 35.2 Å². The van der Waals surface area contributed by atoms with Crippen molar-refractivity contribution in [2.24, 2.45) is 0 Å². The van der Waals surface area contributed by atoms with E-state index in [0.29, 0.717) is 18.0 Å². The number of anilines is 1. The minimum absolute atomic E-state index is 0.0489. The van der Waals surface area contributed by atoms with Crippen LogP contribution in [-0.2, 0) is 6.54 Å². The van der Waals surface area contributed by atoms with Crippen LogP contribution in [0.15, 0.2) is 24.4 Å². The van der Waals surface area contributed by atoms with Gasteiger partial charge in [-0.15, -0.1) is 0 Å². The molecular formula is C14H17F3N4. The molecule has 2 heterocycles. The molecule has 0 aromatic carbocycles. The summed E-state index contributed by atoms with van der Waals surface area (Å²) in [6.07, 6.45) is -0.807. The molecule has 0 radical (unpaired) electrons. The largest absolute Gasteiger partial charge is 0.405 e. The Morgan fingerprint density at radius 2 is 2.14 bits per heavy atom. The second kappa shape index (κ2) is 5.22. The van der Waals surface area contributed by atoms with Gasteiger partial charge in [-0.2, -0.15) is 13.2 Å². The zero-order chi connectivity index (χ0) is 15.0. The van der Waals surface area contributed by atoms with Gasteiger partial charge in [-0.05, 0) is 32.0 Å². The van der Waals surface area contributed by atoms with Crippen molar-refractivity contribution in [1.82, 2.24) is 14.7 Å². The van der Waals surface area contributed by atoms with Crippen LogP contribution in [0.5, 0.6) is 0 Å². The van der Waals surface area contributed by atoms with Gasteiger partial charge in [-0.3, -0.25) is 0 Å². The summed E-state index contributed by atoms with van der Waals surface area (Å²) in [6, 6.07) is 5.44. The number of pyridine rings is 1. The third-order valence-corrected chi connectivity index (χ3v) is 3.56. The fourth-order valence-corrected chi connectivity index (χ4v) is 2.55. The smallest absolute Gasteiger partial charge is 0.343 e. The highest BCUT2D eigenvalue weighted by atomic mass is 19.4. The van der Waals surface area contributed by atoms with Crippen LogP contribution in [0.4, 0.5) is 19.0 Å². The quantitative estimate of drug-likeness (QED) is 0.921. The minimum Gasteiger partial charge on any atom is -0.343 e. The van der Waals surface area contributed by atoms with Crippen molar-refractivity contribution in [1.29, 1.82) is 0 Å². The van der Waals surface area contributed by atoms with E-state index in [1.165, 1.54) is 4.90 Å². The average molecular weight is 298 g/mol. The van der Waals surface area contributed by atoms with Crippen molar-refractivity contribution in [3.8, 4) is 0 Å². The summed E-state index contributed by atoms with van der Waals surface area (Å²) in [4.78, 5) is 5.83. The van der Waals surface area contributed by atoms with Crippen molar-refractivity contribution in [3.05, 3.63) is 30.1 Å². The first-order valence-corrected chi connectivity index (χ1v) is 6.93. The second-order valence-electron chi connectivity index (χ2n) is 5.32. The summed E-state index contributed by atoms with van der Waals surface area (Å²) >= 11 is 0. The van der Waals surface area contributed by atoms with Crippen molar-refractivity contribution in [3.63, 3.8) is 0 Å². The van der Waals surface area contributed by atoms with Gasteiger partial charge < -0.3 is 14.6 Å². The number of hydrogen-bond donors (Lipinski definition) is 1. The predicted molar refractivity (Wildman–Crippen MR) is 74.4 cm³/mol. The van der Waals surface area contributed by atoms with E-state index in [9.17, 15) is 13.2 Å². The van der Waals surface area contributed by atoms with Gasteiger partial charge in [0.05, 0.1) is 5.69 Å². The van der Waals surface area contributed by atoms with Crippen molar-refractivity contribution < 1.29 is 13.2 Å². The van der Waals surface area contributed by atoms with Gasteiger partial charge in [-0.25, -0.2) is 4.98 Å². The topological polar surface area (TPSA) is 32.6 Å². The summed E-state index contributed by atoms with van der Waals surface area (Å²) in [5.41, 5.74) is 1.44. The Morgan fingerprint density at radius 1 is 1.38 bits per heavy atom. The zero-order valence-electron chi connectivity index (χ0n) is 11.7. The molecule has 4 nitrogen and oxygen atoms in total. The highest BCUT2D eigenvalue weighted by Gasteiger charge is 2.40. The molecule has 2 aromatic rings. The number of nitrogens with zero attached hydrogens (tertiary/aromatic N) is 3. The summed E-state index contributed by atoms with van der Waals surface area (Å²) in [6.45, 7) is -0.472. The van der Waals surface area contributed by atoms with Crippen molar-refractivity contribution >= 4 is 11.5 Å². The molecule has 0 unspecified atom stereocenters. The molecule has 0 bridgehead atoms. The number of hydrogen-bond acceptors (Lipinski definition) is 3. The van der Waals surface area contributed by atoms with Crippen LogP contribution in [0.2, 0.25) is 0 Å². The number of halogens is 3. The lowest BCUT2D eigenvalue weighted by Crippen LogP contribution is -2.37. The van der Waals surface area contributed by atoms with Gasteiger partial charge in [0.2, 0.25) is 0 Å². The van der Waals surface area contributed by atoms with E-state index in [2.05, 4.69) is 10.3 Å². The first-order valence-electron chi connectivity index (χ1n) is 6.93. The lowest BCUT2D eigenvalue weighted by atomic mass is 10.3. The van der Waals surface area contributed by atoms with Gasteiger partial charge in [0.25, 0.3) is 0 Å². The van der Waals surface area contributed by atoms with Gasteiger partial charge >= 0.3 is 6.18 Å². The second-order valence-corrected chi connectivity index (χ2v) is 5.32. The maximum absolute atomic E-state index is 12.9. The van der Waals surface area contributed by atoms with E-state index in [1.54, 1.807) is 13.1 Å². The Hall–Kier alpha value is -1.76. The van der Waals surface area contributed by atoms with Crippen LogP contribution >= 0.6 is 0 Å². The summed E-state index contributed by atoms with van der Waals surface area (Å²) < 4.78 is 40.4. The maximum atomic E-state index is 12.9. The zero-order valence-corrected chi connectivity index (χ0v) is 11.7. The maximum Gasteiger partial charge on any atom is 0.405 e. The van der Waals surface area contributed by atoms with Gasteiger partial charge in [0.15, 0.2) is 5.82 Å². The summed E-state index contributed by atoms with van der Waals surface area (Å²) in [5, 5.41) is 3.01. The predicted octanol–water partition coefficient (Wildman–Crippen LogP) is 2.58. The fourth-order valence-electron chi connectivity index (χ4n) is 2.55. The molecular weight excluding hydrogens is 281 g/mol.